The van der Waals surface area contributed by atoms with E-state index in [0.29, 0.717) is 16.5 Å². The van der Waals surface area contributed by atoms with Crippen molar-refractivity contribution in [3.8, 4) is 17.1 Å². The van der Waals surface area contributed by atoms with Crippen LogP contribution in [0.2, 0.25) is 0 Å². The maximum absolute atomic E-state index is 10.7. The molecular weight excluding hydrogens is 358 g/mol. The van der Waals surface area contributed by atoms with E-state index in [1.807, 2.05) is 18.4 Å². The Balaban J connectivity index is 2.46. The first kappa shape index (κ1) is 15.8. The first-order valence-corrected chi connectivity index (χ1v) is 7.96. The molecule has 0 aliphatic heterocycles. The summed E-state index contributed by atoms with van der Waals surface area (Å²) >= 11 is 4.40. The average Bonchev–Trinajstić information content (AvgIpc) is 2.80. The van der Waals surface area contributed by atoms with Crippen molar-refractivity contribution in [2.45, 2.75) is 25.0 Å². The normalized spacial score (nSPS) is 11.0. The van der Waals surface area contributed by atoms with Crippen molar-refractivity contribution < 1.29 is 15.0 Å². The minimum absolute atomic E-state index is 0.0364. The highest BCUT2D eigenvalue weighted by molar-refractivity contribution is 9.10. The van der Waals surface area contributed by atoms with Crippen LogP contribution in [0.5, 0.6) is 5.75 Å². The number of nitrogens with zero attached hydrogens (tertiary/aromatic N) is 3. The number of aromatic hydroxyl groups is 1. The van der Waals surface area contributed by atoms with E-state index >= 15 is 0 Å². The molecule has 0 radical (unpaired) electrons. The molecule has 2 aromatic rings. The van der Waals surface area contributed by atoms with E-state index in [9.17, 15) is 9.90 Å². The van der Waals surface area contributed by atoms with Crippen LogP contribution in [-0.2, 0) is 4.79 Å². The number of carboxylic acids is 1. The molecule has 0 amide bonds. The molecule has 0 saturated heterocycles. The molecule has 0 fully saturated rings. The summed E-state index contributed by atoms with van der Waals surface area (Å²) in [4.78, 5) is 10.7. The van der Waals surface area contributed by atoms with Gasteiger partial charge in [-0.3, -0.25) is 9.36 Å². The van der Waals surface area contributed by atoms with Crippen molar-refractivity contribution in [3.63, 3.8) is 0 Å². The molecule has 112 valence electrons. The third-order valence-electron chi connectivity index (χ3n) is 2.71. The summed E-state index contributed by atoms with van der Waals surface area (Å²) in [6.45, 7) is 3.90. The topological polar surface area (TPSA) is 88.2 Å². The number of thioether (sulfide) groups is 1. The number of phenolic OH excluding ortho intramolecular Hbond substituents is 1. The largest absolute Gasteiger partial charge is 0.507 e. The van der Waals surface area contributed by atoms with Crippen molar-refractivity contribution in [1.82, 2.24) is 14.8 Å². The van der Waals surface area contributed by atoms with Gasteiger partial charge in [0.15, 0.2) is 11.0 Å². The van der Waals surface area contributed by atoms with E-state index in [0.717, 1.165) is 16.2 Å². The fourth-order valence-corrected chi connectivity index (χ4v) is 2.98. The summed E-state index contributed by atoms with van der Waals surface area (Å²) in [6, 6.07) is 5.17. The second kappa shape index (κ2) is 6.48. The monoisotopic (exact) mass is 371 g/mol. The fraction of sp³-hybridized carbons (Fsp3) is 0.308. The number of aromatic nitrogens is 3. The number of benzene rings is 1. The molecule has 2 N–H and O–H groups in total. The Hall–Kier alpha value is -1.54. The summed E-state index contributed by atoms with van der Waals surface area (Å²) in [5.74, 6) is -0.389. The lowest BCUT2D eigenvalue weighted by atomic mass is 10.2. The zero-order valence-electron chi connectivity index (χ0n) is 11.4. The minimum atomic E-state index is -0.911. The van der Waals surface area contributed by atoms with E-state index in [2.05, 4.69) is 26.1 Å². The lowest BCUT2D eigenvalue weighted by molar-refractivity contribution is -0.133. The fourth-order valence-electron chi connectivity index (χ4n) is 1.84. The van der Waals surface area contributed by atoms with Gasteiger partial charge in [-0.25, -0.2) is 0 Å². The molecule has 1 aromatic carbocycles. The molecule has 0 bridgehead atoms. The third kappa shape index (κ3) is 3.56. The van der Waals surface area contributed by atoms with Gasteiger partial charge in [0.2, 0.25) is 0 Å². The van der Waals surface area contributed by atoms with E-state index < -0.39 is 5.97 Å². The highest BCUT2D eigenvalue weighted by atomic mass is 79.9. The van der Waals surface area contributed by atoms with Crippen molar-refractivity contribution >= 4 is 33.7 Å². The standard InChI is InChI=1S/C13H14BrN3O3S/c1-7(2)17-12(9-4-3-8(14)5-10(9)18)15-16-13(17)21-6-11(19)20/h3-5,7,18H,6H2,1-2H3,(H,19,20). The number of hydrogen-bond donors (Lipinski definition) is 2. The highest BCUT2D eigenvalue weighted by Gasteiger charge is 2.19. The average molecular weight is 372 g/mol. The number of aliphatic carboxylic acids is 1. The highest BCUT2D eigenvalue weighted by Crippen LogP contribution is 2.34. The van der Waals surface area contributed by atoms with Crippen LogP contribution in [0, 0.1) is 0 Å². The van der Waals surface area contributed by atoms with Crippen molar-refractivity contribution in [1.29, 1.82) is 0 Å². The third-order valence-corrected chi connectivity index (χ3v) is 4.13. The number of halogens is 1. The Morgan fingerprint density at radius 2 is 2.14 bits per heavy atom. The van der Waals surface area contributed by atoms with Crippen molar-refractivity contribution in [3.05, 3.63) is 22.7 Å². The van der Waals surface area contributed by atoms with E-state index in [-0.39, 0.29) is 17.5 Å². The first-order valence-electron chi connectivity index (χ1n) is 6.18. The van der Waals surface area contributed by atoms with E-state index in [1.54, 1.807) is 18.2 Å². The molecule has 6 nitrogen and oxygen atoms in total. The van der Waals surface area contributed by atoms with Gasteiger partial charge in [0.1, 0.15) is 5.75 Å². The Bertz CT molecular complexity index is 673. The van der Waals surface area contributed by atoms with Gasteiger partial charge in [-0.1, -0.05) is 27.7 Å². The van der Waals surface area contributed by atoms with Gasteiger partial charge < -0.3 is 10.2 Å². The molecule has 1 aromatic heterocycles. The van der Waals surface area contributed by atoms with Crippen LogP contribution >= 0.6 is 27.7 Å². The summed E-state index contributed by atoms with van der Waals surface area (Å²) in [6.07, 6.45) is 0. The maximum Gasteiger partial charge on any atom is 0.313 e. The Morgan fingerprint density at radius 1 is 1.43 bits per heavy atom. The molecule has 1 heterocycles. The van der Waals surface area contributed by atoms with Gasteiger partial charge in [-0.05, 0) is 32.0 Å². The molecule has 2 rings (SSSR count). The van der Waals surface area contributed by atoms with Crippen LogP contribution in [0.1, 0.15) is 19.9 Å². The van der Waals surface area contributed by atoms with Crippen LogP contribution in [0.3, 0.4) is 0 Å². The zero-order chi connectivity index (χ0) is 15.6. The van der Waals surface area contributed by atoms with Gasteiger partial charge in [0, 0.05) is 10.5 Å². The lowest BCUT2D eigenvalue weighted by Gasteiger charge is -2.14. The Kier molecular flexibility index (Phi) is 4.89. The predicted octanol–water partition coefficient (Wildman–Crippen LogP) is 3.17. The smallest absolute Gasteiger partial charge is 0.313 e. The van der Waals surface area contributed by atoms with Gasteiger partial charge >= 0.3 is 5.97 Å². The maximum atomic E-state index is 10.7. The van der Waals surface area contributed by atoms with Gasteiger partial charge in [-0.2, -0.15) is 0 Å². The number of carbonyl (C=O) groups is 1. The van der Waals surface area contributed by atoms with E-state index in [4.69, 9.17) is 5.11 Å². The quantitative estimate of drug-likeness (QED) is 0.784. The second-order valence-electron chi connectivity index (χ2n) is 4.61. The SMILES string of the molecule is CC(C)n1c(SCC(=O)O)nnc1-c1ccc(Br)cc1O. The van der Waals surface area contributed by atoms with Crippen LogP contribution in [-0.4, -0.2) is 36.7 Å². The number of phenols is 1. The molecule has 0 spiro atoms. The van der Waals surface area contributed by atoms with Crippen LogP contribution in [0.15, 0.2) is 27.8 Å². The summed E-state index contributed by atoms with van der Waals surface area (Å²) in [5.41, 5.74) is 0.557. The Labute approximate surface area is 134 Å². The second-order valence-corrected chi connectivity index (χ2v) is 6.47. The molecular formula is C13H14BrN3O3S. The van der Waals surface area contributed by atoms with Crippen LogP contribution < -0.4 is 0 Å². The minimum Gasteiger partial charge on any atom is -0.507 e. The van der Waals surface area contributed by atoms with Crippen molar-refractivity contribution in [2.75, 3.05) is 5.75 Å². The number of hydrogen-bond acceptors (Lipinski definition) is 5. The zero-order valence-corrected chi connectivity index (χ0v) is 13.8. The van der Waals surface area contributed by atoms with Gasteiger partial charge in [0.25, 0.3) is 0 Å². The van der Waals surface area contributed by atoms with Crippen LogP contribution in [0.4, 0.5) is 0 Å². The number of carboxylic acid groups (broad SMARTS) is 1. The predicted molar refractivity (Wildman–Crippen MR) is 83.6 cm³/mol. The van der Waals surface area contributed by atoms with Gasteiger partial charge in [0.05, 0.1) is 11.3 Å². The van der Waals surface area contributed by atoms with Crippen LogP contribution in [0.25, 0.3) is 11.4 Å². The van der Waals surface area contributed by atoms with Crippen molar-refractivity contribution in [2.24, 2.45) is 0 Å². The number of rotatable bonds is 5. The Morgan fingerprint density at radius 3 is 2.71 bits per heavy atom. The van der Waals surface area contributed by atoms with E-state index in [1.165, 1.54) is 0 Å². The molecule has 8 heteroatoms. The lowest BCUT2D eigenvalue weighted by Crippen LogP contribution is -2.07. The molecule has 0 atom stereocenters. The summed E-state index contributed by atoms with van der Waals surface area (Å²) < 4.78 is 2.58. The molecule has 0 saturated carbocycles. The summed E-state index contributed by atoms with van der Waals surface area (Å²) in [7, 11) is 0. The van der Waals surface area contributed by atoms with Gasteiger partial charge in [-0.15, -0.1) is 10.2 Å². The molecule has 0 aliphatic carbocycles. The summed E-state index contributed by atoms with van der Waals surface area (Å²) in [5, 5.41) is 27.5. The molecule has 0 aliphatic rings. The molecule has 0 unspecified atom stereocenters. The molecule has 21 heavy (non-hydrogen) atoms. The first-order chi connectivity index (χ1) is 9.90.